The standard InChI is InChI=1S/C25H30N2O2/c1-17(2)16-29-24-13-12-19(21-9-5-6-10-22(21)24)14-20(15-26)25(28)27-23-11-7-4-8-18(23)3/h5-6,9-10,12-14,17-18,23H,4,7-8,11,16H2,1-3H3,(H,27,28)/b20-14+/t18-,23-/m1/s1. The Labute approximate surface area is 173 Å². The van der Waals surface area contributed by atoms with Crippen molar-refractivity contribution in [2.75, 3.05) is 6.61 Å². The number of ether oxygens (including phenoxy) is 1. The maximum atomic E-state index is 12.7. The Morgan fingerprint density at radius 2 is 1.93 bits per heavy atom. The van der Waals surface area contributed by atoms with Gasteiger partial charge in [-0.05, 0) is 47.8 Å². The Bertz CT molecular complexity index is 939. The number of fused-ring (bicyclic) bond motifs is 1. The summed E-state index contributed by atoms with van der Waals surface area (Å²) in [4.78, 5) is 12.7. The second-order valence-electron chi connectivity index (χ2n) is 8.41. The summed E-state index contributed by atoms with van der Waals surface area (Å²) in [6, 6.07) is 14.0. The first-order valence-electron chi connectivity index (χ1n) is 10.6. The Hall–Kier alpha value is -2.80. The molecular weight excluding hydrogens is 360 g/mol. The number of rotatable bonds is 6. The zero-order valence-corrected chi connectivity index (χ0v) is 17.6. The van der Waals surface area contributed by atoms with Gasteiger partial charge in [-0.25, -0.2) is 0 Å². The van der Waals surface area contributed by atoms with Crippen molar-refractivity contribution in [3.05, 3.63) is 47.5 Å². The number of hydrogen-bond donors (Lipinski definition) is 1. The van der Waals surface area contributed by atoms with E-state index in [2.05, 4.69) is 32.2 Å². The second-order valence-corrected chi connectivity index (χ2v) is 8.41. The van der Waals surface area contributed by atoms with E-state index in [0.717, 1.165) is 41.3 Å². The lowest BCUT2D eigenvalue weighted by Crippen LogP contribution is -2.41. The van der Waals surface area contributed by atoms with Gasteiger partial charge in [0.25, 0.3) is 5.91 Å². The van der Waals surface area contributed by atoms with Crippen LogP contribution < -0.4 is 10.1 Å². The van der Waals surface area contributed by atoms with E-state index in [0.29, 0.717) is 18.4 Å². The Balaban J connectivity index is 1.88. The lowest BCUT2D eigenvalue weighted by molar-refractivity contribution is -0.118. The predicted octanol–water partition coefficient (Wildman–Crippen LogP) is 5.48. The number of nitrogens with zero attached hydrogens (tertiary/aromatic N) is 1. The molecule has 29 heavy (non-hydrogen) atoms. The van der Waals surface area contributed by atoms with Crippen molar-refractivity contribution >= 4 is 22.8 Å². The molecule has 0 radical (unpaired) electrons. The monoisotopic (exact) mass is 390 g/mol. The van der Waals surface area contributed by atoms with Crippen molar-refractivity contribution in [2.45, 2.75) is 52.5 Å². The maximum Gasteiger partial charge on any atom is 0.262 e. The molecule has 1 amide bonds. The number of amides is 1. The Kier molecular flexibility index (Phi) is 6.93. The third-order valence-corrected chi connectivity index (χ3v) is 5.58. The minimum atomic E-state index is -0.282. The van der Waals surface area contributed by atoms with Crippen LogP contribution in [-0.4, -0.2) is 18.6 Å². The molecule has 1 saturated carbocycles. The summed E-state index contributed by atoms with van der Waals surface area (Å²) in [6.45, 7) is 7.04. The smallest absolute Gasteiger partial charge is 0.262 e. The first-order valence-corrected chi connectivity index (χ1v) is 10.6. The van der Waals surface area contributed by atoms with Crippen LogP contribution in [0.15, 0.2) is 42.0 Å². The highest BCUT2D eigenvalue weighted by molar-refractivity contribution is 6.04. The molecule has 3 rings (SSSR count). The van der Waals surface area contributed by atoms with Crippen molar-refractivity contribution in [2.24, 2.45) is 11.8 Å². The predicted molar refractivity (Wildman–Crippen MR) is 117 cm³/mol. The topological polar surface area (TPSA) is 62.1 Å². The van der Waals surface area contributed by atoms with Gasteiger partial charge in [-0.3, -0.25) is 4.79 Å². The fourth-order valence-corrected chi connectivity index (χ4v) is 3.88. The quantitative estimate of drug-likeness (QED) is 0.525. The lowest BCUT2D eigenvalue weighted by atomic mass is 9.86. The summed E-state index contributed by atoms with van der Waals surface area (Å²) in [5, 5.41) is 14.7. The van der Waals surface area contributed by atoms with Crippen LogP contribution in [0.2, 0.25) is 0 Å². The number of nitriles is 1. The van der Waals surface area contributed by atoms with E-state index < -0.39 is 0 Å². The van der Waals surface area contributed by atoms with Gasteiger partial charge in [0.1, 0.15) is 17.4 Å². The number of carbonyl (C=O) groups is 1. The highest BCUT2D eigenvalue weighted by Gasteiger charge is 2.24. The van der Waals surface area contributed by atoms with Gasteiger partial charge in [0, 0.05) is 11.4 Å². The van der Waals surface area contributed by atoms with E-state index in [-0.39, 0.29) is 17.5 Å². The van der Waals surface area contributed by atoms with E-state index in [1.807, 2.05) is 36.4 Å². The summed E-state index contributed by atoms with van der Waals surface area (Å²) in [7, 11) is 0. The van der Waals surface area contributed by atoms with Gasteiger partial charge in [-0.2, -0.15) is 5.26 Å². The van der Waals surface area contributed by atoms with Crippen molar-refractivity contribution in [3.63, 3.8) is 0 Å². The fraction of sp³-hybridized carbons (Fsp3) is 0.440. The Morgan fingerprint density at radius 3 is 2.62 bits per heavy atom. The first-order chi connectivity index (χ1) is 14.0. The summed E-state index contributed by atoms with van der Waals surface area (Å²) < 4.78 is 5.96. The molecular formula is C25H30N2O2. The molecule has 0 bridgehead atoms. The van der Waals surface area contributed by atoms with Gasteiger partial charge in [0.05, 0.1) is 6.61 Å². The molecule has 1 aliphatic rings. The van der Waals surface area contributed by atoms with Crippen LogP contribution in [0.4, 0.5) is 0 Å². The van der Waals surface area contributed by atoms with E-state index >= 15 is 0 Å². The SMILES string of the molecule is CC(C)COc1ccc(/C=C(\C#N)C(=O)N[C@@H]2CCCC[C@H]2C)c2ccccc12. The van der Waals surface area contributed by atoms with Crippen LogP contribution in [0.1, 0.15) is 52.0 Å². The van der Waals surface area contributed by atoms with E-state index in [4.69, 9.17) is 4.74 Å². The van der Waals surface area contributed by atoms with Crippen molar-refractivity contribution < 1.29 is 9.53 Å². The molecule has 0 aromatic heterocycles. The Morgan fingerprint density at radius 1 is 1.21 bits per heavy atom. The number of nitrogens with one attached hydrogen (secondary N) is 1. The minimum Gasteiger partial charge on any atom is -0.493 e. The normalized spacial score (nSPS) is 19.8. The van der Waals surface area contributed by atoms with E-state index in [1.54, 1.807) is 6.08 Å². The van der Waals surface area contributed by atoms with E-state index in [9.17, 15) is 10.1 Å². The van der Waals surface area contributed by atoms with Crippen molar-refractivity contribution in [1.29, 1.82) is 5.26 Å². The molecule has 4 nitrogen and oxygen atoms in total. The zero-order chi connectivity index (χ0) is 20.8. The second kappa shape index (κ2) is 9.60. The molecule has 1 aliphatic carbocycles. The molecule has 0 unspecified atom stereocenters. The van der Waals surface area contributed by atoms with Crippen LogP contribution in [0.5, 0.6) is 5.75 Å². The lowest BCUT2D eigenvalue weighted by Gasteiger charge is -2.29. The molecule has 2 aromatic carbocycles. The number of hydrogen-bond acceptors (Lipinski definition) is 3. The average molecular weight is 391 g/mol. The van der Waals surface area contributed by atoms with Crippen LogP contribution in [-0.2, 0) is 4.79 Å². The third-order valence-electron chi connectivity index (χ3n) is 5.58. The van der Waals surface area contributed by atoms with Gasteiger partial charge in [-0.1, -0.05) is 63.9 Å². The largest absolute Gasteiger partial charge is 0.493 e. The van der Waals surface area contributed by atoms with Crippen LogP contribution in [0.25, 0.3) is 16.8 Å². The molecule has 0 aliphatic heterocycles. The zero-order valence-electron chi connectivity index (χ0n) is 17.6. The first kappa shape index (κ1) is 20.9. The molecule has 2 aromatic rings. The van der Waals surface area contributed by atoms with Crippen LogP contribution in [0, 0.1) is 23.2 Å². The molecule has 0 heterocycles. The van der Waals surface area contributed by atoms with Gasteiger partial charge >= 0.3 is 0 Å². The minimum absolute atomic E-state index is 0.142. The molecule has 152 valence electrons. The molecule has 2 atom stereocenters. The molecule has 0 saturated heterocycles. The highest BCUT2D eigenvalue weighted by Crippen LogP contribution is 2.30. The molecule has 1 fully saturated rings. The fourth-order valence-electron chi connectivity index (χ4n) is 3.88. The highest BCUT2D eigenvalue weighted by atomic mass is 16.5. The van der Waals surface area contributed by atoms with Crippen molar-refractivity contribution in [3.8, 4) is 11.8 Å². The summed E-state index contributed by atoms with van der Waals surface area (Å²) >= 11 is 0. The number of benzene rings is 2. The molecule has 0 spiro atoms. The van der Waals surface area contributed by atoms with Crippen molar-refractivity contribution in [1.82, 2.24) is 5.32 Å². The summed E-state index contributed by atoms with van der Waals surface area (Å²) in [5.41, 5.74) is 0.990. The van der Waals surface area contributed by atoms with Gasteiger partial charge < -0.3 is 10.1 Å². The van der Waals surface area contributed by atoms with Crippen LogP contribution in [0.3, 0.4) is 0 Å². The van der Waals surface area contributed by atoms with Gasteiger partial charge in [-0.15, -0.1) is 0 Å². The third kappa shape index (κ3) is 5.17. The van der Waals surface area contributed by atoms with E-state index in [1.165, 1.54) is 6.42 Å². The number of carbonyl (C=O) groups excluding carboxylic acids is 1. The molecule has 4 heteroatoms. The average Bonchev–Trinajstić information content (AvgIpc) is 2.72. The molecule has 1 N–H and O–H groups in total. The maximum absolute atomic E-state index is 12.7. The van der Waals surface area contributed by atoms with Gasteiger partial charge in [0.2, 0.25) is 0 Å². The summed E-state index contributed by atoms with van der Waals surface area (Å²) in [5.74, 6) is 1.43. The van der Waals surface area contributed by atoms with Crippen LogP contribution >= 0.6 is 0 Å². The summed E-state index contributed by atoms with van der Waals surface area (Å²) in [6.07, 6.45) is 6.14. The van der Waals surface area contributed by atoms with Gasteiger partial charge in [0.15, 0.2) is 0 Å².